The summed E-state index contributed by atoms with van der Waals surface area (Å²) in [6.07, 6.45) is 6.43. The molecule has 22 heavy (non-hydrogen) atoms. The van der Waals surface area contributed by atoms with E-state index in [0.29, 0.717) is 0 Å². The Morgan fingerprint density at radius 2 is 1.86 bits per heavy atom. The maximum atomic E-state index is 4.77. The quantitative estimate of drug-likeness (QED) is 0.272. The zero-order chi connectivity index (χ0) is 15.5. The van der Waals surface area contributed by atoms with Crippen molar-refractivity contribution in [2.75, 3.05) is 39.8 Å². The topological polar surface area (TPSA) is 39.7 Å². The SMILES string of the molecule is CCNC(=NCC1CCN(C)CC1)NCCCCC(C)C.I. The molecule has 132 valence electrons. The Labute approximate surface area is 154 Å². The van der Waals surface area contributed by atoms with Crippen molar-refractivity contribution in [3.05, 3.63) is 0 Å². The molecule has 0 amide bonds. The minimum atomic E-state index is 0. The molecule has 0 aromatic rings. The number of likely N-dealkylation sites (tertiary alicyclic amines) is 1. The van der Waals surface area contributed by atoms with Gasteiger partial charge in [0.1, 0.15) is 0 Å². The minimum Gasteiger partial charge on any atom is -0.357 e. The van der Waals surface area contributed by atoms with E-state index in [2.05, 4.69) is 43.4 Å². The average molecular weight is 424 g/mol. The van der Waals surface area contributed by atoms with Crippen LogP contribution in [0.1, 0.15) is 52.9 Å². The van der Waals surface area contributed by atoms with Crippen LogP contribution in [0.15, 0.2) is 4.99 Å². The highest BCUT2D eigenvalue weighted by molar-refractivity contribution is 14.0. The molecule has 0 spiro atoms. The Balaban J connectivity index is 0.00000441. The number of nitrogens with zero attached hydrogens (tertiary/aromatic N) is 2. The molecule has 5 heteroatoms. The molecule has 1 saturated heterocycles. The van der Waals surface area contributed by atoms with E-state index in [1.807, 2.05) is 0 Å². The smallest absolute Gasteiger partial charge is 0.191 e. The van der Waals surface area contributed by atoms with Gasteiger partial charge >= 0.3 is 0 Å². The molecule has 1 fully saturated rings. The summed E-state index contributed by atoms with van der Waals surface area (Å²) < 4.78 is 0. The second-order valence-corrected chi connectivity index (χ2v) is 6.78. The number of aliphatic imine (C=N–C) groups is 1. The van der Waals surface area contributed by atoms with E-state index >= 15 is 0 Å². The van der Waals surface area contributed by atoms with E-state index in [-0.39, 0.29) is 24.0 Å². The van der Waals surface area contributed by atoms with Crippen LogP contribution in [0.2, 0.25) is 0 Å². The fourth-order valence-electron chi connectivity index (χ4n) is 2.69. The standard InChI is InChI=1S/C17H36N4.HI/c1-5-18-17(19-11-7-6-8-15(2)3)20-14-16-9-12-21(4)13-10-16;/h15-16H,5-14H2,1-4H3,(H2,18,19,20);1H. The summed E-state index contributed by atoms with van der Waals surface area (Å²) in [5, 5.41) is 6.83. The summed E-state index contributed by atoms with van der Waals surface area (Å²) in [4.78, 5) is 7.19. The first kappa shape index (κ1) is 22.0. The van der Waals surface area contributed by atoms with Crippen molar-refractivity contribution < 1.29 is 0 Å². The van der Waals surface area contributed by atoms with E-state index in [9.17, 15) is 0 Å². The van der Waals surface area contributed by atoms with Crippen LogP contribution < -0.4 is 10.6 Å². The predicted molar refractivity (Wildman–Crippen MR) is 108 cm³/mol. The molecule has 0 unspecified atom stereocenters. The van der Waals surface area contributed by atoms with Crippen LogP contribution in [0.4, 0.5) is 0 Å². The summed E-state index contributed by atoms with van der Waals surface area (Å²) in [5.41, 5.74) is 0. The van der Waals surface area contributed by atoms with Crippen molar-refractivity contribution in [3.63, 3.8) is 0 Å². The number of guanidine groups is 1. The van der Waals surface area contributed by atoms with E-state index in [4.69, 9.17) is 4.99 Å². The van der Waals surface area contributed by atoms with Gasteiger partial charge in [-0.25, -0.2) is 0 Å². The number of hydrogen-bond acceptors (Lipinski definition) is 2. The third kappa shape index (κ3) is 10.6. The Hall–Kier alpha value is -0.0400. The molecule has 0 aliphatic carbocycles. The van der Waals surface area contributed by atoms with Gasteiger partial charge in [0, 0.05) is 19.6 Å². The van der Waals surface area contributed by atoms with Gasteiger partial charge in [0.05, 0.1) is 0 Å². The van der Waals surface area contributed by atoms with Crippen LogP contribution in [-0.4, -0.2) is 50.6 Å². The highest BCUT2D eigenvalue weighted by atomic mass is 127. The summed E-state index contributed by atoms with van der Waals surface area (Å²) in [7, 11) is 2.21. The molecule has 2 N–H and O–H groups in total. The van der Waals surface area contributed by atoms with Crippen LogP contribution >= 0.6 is 24.0 Å². The number of rotatable bonds is 8. The second-order valence-electron chi connectivity index (χ2n) is 6.78. The highest BCUT2D eigenvalue weighted by Crippen LogP contribution is 2.15. The van der Waals surface area contributed by atoms with Crippen molar-refractivity contribution in [2.24, 2.45) is 16.8 Å². The molecule has 0 bridgehead atoms. The van der Waals surface area contributed by atoms with Gasteiger partial charge in [0.15, 0.2) is 5.96 Å². The first-order valence-electron chi connectivity index (χ1n) is 8.82. The Bertz CT molecular complexity index is 286. The molecule has 1 rings (SSSR count). The van der Waals surface area contributed by atoms with Gasteiger partial charge in [0.2, 0.25) is 0 Å². The maximum absolute atomic E-state index is 4.77. The molecule has 4 nitrogen and oxygen atoms in total. The zero-order valence-corrected chi connectivity index (χ0v) is 17.4. The van der Waals surface area contributed by atoms with Crippen molar-refractivity contribution in [3.8, 4) is 0 Å². The van der Waals surface area contributed by atoms with Crippen molar-refractivity contribution in [2.45, 2.75) is 52.9 Å². The predicted octanol–water partition coefficient (Wildman–Crippen LogP) is 3.33. The lowest BCUT2D eigenvalue weighted by Gasteiger charge is -2.28. The first-order valence-corrected chi connectivity index (χ1v) is 8.82. The van der Waals surface area contributed by atoms with Gasteiger partial charge in [-0.3, -0.25) is 4.99 Å². The molecule has 1 heterocycles. The summed E-state index contributed by atoms with van der Waals surface area (Å²) in [6.45, 7) is 12.1. The molecule has 0 atom stereocenters. The number of halogens is 1. The van der Waals surface area contributed by atoms with Crippen molar-refractivity contribution in [1.82, 2.24) is 15.5 Å². The molecule has 1 aliphatic heterocycles. The van der Waals surface area contributed by atoms with Crippen molar-refractivity contribution in [1.29, 1.82) is 0 Å². The monoisotopic (exact) mass is 424 g/mol. The fourth-order valence-corrected chi connectivity index (χ4v) is 2.69. The molecular formula is C17H37IN4. The normalized spacial score (nSPS) is 17.4. The minimum absolute atomic E-state index is 0. The van der Waals surface area contributed by atoms with Crippen molar-refractivity contribution >= 4 is 29.9 Å². The van der Waals surface area contributed by atoms with Gasteiger partial charge in [0.25, 0.3) is 0 Å². The average Bonchev–Trinajstić information content (AvgIpc) is 2.45. The third-order valence-corrected chi connectivity index (χ3v) is 4.19. The first-order chi connectivity index (χ1) is 10.1. The fraction of sp³-hybridized carbons (Fsp3) is 0.941. The molecule has 0 aromatic heterocycles. The van der Waals surface area contributed by atoms with Crippen LogP contribution in [0.3, 0.4) is 0 Å². The second kappa shape index (κ2) is 13.4. The third-order valence-electron chi connectivity index (χ3n) is 4.19. The van der Waals surface area contributed by atoms with Crippen LogP contribution in [0, 0.1) is 11.8 Å². The van der Waals surface area contributed by atoms with E-state index in [0.717, 1.165) is 37.4 Å². The summed E-state index contributed by atoms with van der Waals surface area (Å²) >= 11 is 0. The maximum Gasteiger partial charge on any atom is 0.191 e. The Morgan fingerprint density at radius 3 is 2.45 bits per heavy atom. The van der Waals surface area contributed by atoms with Gasteiger partial charge in [-0.1, -0.05) is 26.7 Å². The molecule has 0 radical (unpaired) electrons. The van der Waals surface area contributed by atoms with E-state index in [1.165, 1.54) is 45.2 Å². The molecule has 1 aliphatic rings. The van der Waals surface area contributed by atoms with Crippen LogP contribution in [0.5, 0.6) is 0 Å². The van der Waals surface area contributed by atoms with Gasteiger partial charge in [-0.05, 0) is 58.2 Å². The lowest BCUT2D eigenvalue weighted by Crippen LogP contribution is -2.38. The summed E-state index contributed by atoms with van der Waals surface area (Å²) in [5.74, 6) is 2.58. The highest BCUT2D eigenvalue weighted by Gasteiger charge is 2.16. The number of unbranched alkanes of at least 4 members (excludes halogenated alkanes) is 1. The Morgan fingerprint density at radius 1 is 1.18 bits per heavy atom. The van der Waals surface area contributed by atoms with E-state index < -0.39 is 0 Å². The largest absolute Gasteiger partial charge is 0.357 e. The van der Waals surface area contributed by atoms with Crippen LogP contribution in [-0.2, 0) is 0 Å². The number of nitrogens with one attached hydrogen (secondary N) is 2. The lowest BCUT2D eigenvalue weighted by atomic mass is 9.97. The van der Waals surface area contributed by atoms with Crippen LogP contribution in [0.25, 0.3) is 0 Å². The number of hydrogen-bond donors (Lipinski definition) is 2. The van der Waals surface area contributed by atoms with E-state index in [1.54, 1.807) is 0 Å². The zero-order valence-electron chi connectivity index (χ0n) is 15.0. The lowest BCUT2D eigenvalue weighted by molar-refractivity contribution is 0.223. The summed E-state index contributed by atoms with van der Waals surface area (Å²) in [6, 6.07) is 0. The van der Waals surface area contributed by atoms with Gasteiger partial charge < -0.3 is 15.5 Å². The molecule has 0 saturated carbocycles. The van der Waals surface area contributed by atoms with Gasteiger partial charge in [-0.2, -0.15) is 0 Å². The molecular weight excluding hydrogens is 387 g/mol. The Kier molecular flexibility index (Phi) is 13.4. The number of piperidine rings is 1. The molecule has 0 aromatic carbocycles. The van der Waals surface area contributed by atoms with Gasteiger partial charge in [-0.15, -0.1) is 24.0 Å².